The minimum Gasteiger partial charge on any atom is -0.294 e. The number of carbonyl (C=O) groups excluding carboxylic acids is 1. The number of Topliss-reactive ketones (excluding diaryl/α,β-unsaturated/α-hetero) is 1. The van der Waals surface area contributed by atoms with Crippen molar-refractivity contribution in [1.82, 2.24) is 3.97 Å². The quantitative estimate of drug-likeness (QED) is 0.672. The molecule has 23 heavy (non-hydrogen) atoms. The van der Waals surface area contributed by atoms with Crippen LogP contribution >= 0.6 is 11.6 Å². The van der Waals surface area contributed by atoms with Crippen molar-refractivity contribution in [1.29, 1.82) is 0 Å². The molecule has 0 aliphatic heterocycles. The molecule has 0 amide bonds. The van der Waals surface area contributed by atoms with Crippen molar-refractivity contribution >= 4 is 38.3 Å². The second kappa shape index (κ2) is 5.51. The standard InChI is InChI=1S/C17H14ClNO3S/c1-11-3-8-15-16(12(2)20)10-19(17(15)9-11)23(21,22)14-6-4-13(18)5-7-14/h3-10H,1-2H3. The minimum atomic E-state index is -3.81. The highest BCUT2D eigenvalue weighted by atomic mass is 35.5. The molecule has 0 spiro atoms. The first-order chi connectivity index (χ1) is 10.8. The van der Waals surface area contributed by atoms with Crippen LogP contribution in [0.4, 0.5) is 0 Å². The van der Waals surface area contributed by atoms with E-state index in [9.17, 15) is 13.2 Å². The fourth-order valence-corrected chi connectivity index (χ4v) is 3.99. The van der Waals surface area contributed by atoms with Crippen LogP contribution in [-0.4, -0.2) is 18.2 Å². The Labute approximate surface area is 139 Å². The Kier molecular flexibility index (Phi) is 3.78. The van der Waals surface area contributed by atoms with Crippen LogP contribution in [0.25, 0.3) is 10.9 Å². The number of halogens is 1. The highest BCUT2D eigenvalue weighted by Crippen LogP contribution is 2.27. The Morgan fingerprint density at radius 3 is 2.35 bits per heavy atom. The zero-order valence-electron chi connectivity index (χ0n) is 12.6. The first-order valence-corrected chi connectivity index (χ1v) is 8.76. The zero-order chi connectivity index (χ0) is 16.8. The van der Waals surface area contributed by atoms with Gasteiger partial charge in [-0.25, -0.2) is 12.4 Å². The van der Waals surface area contributed by atoms with Crippen molar-refractivity contribution < 1.29 is 13.2 Å². The maximum atomic E-state index is 12.9. The topological polar surface area (TPSA) is 56.1 Å². The molecule has 0 N–H and O–H groups in total. The maximum absolute atomic E-state index is 12.9. The van der Waals surface area contributed by atoms with Gasteiger partial charge >= 0.3 is 0 Å². The number of rotatable bonds is 3. The van der Waals surface area contributed by atoms with Gasteiger partial charge in [0.2, 0.25) is 0 Å². The summed E-state index contributed by atoms with van der Waals surface area (Å²) in [7, 11) is -3.81. The summed E-state index contributed by atoms with van der Waals surface area (Å²) in [6.45, 7) is 3.30. The number of nitrogens with zero attached hydrogens (tertiary/aromatic N) is 1. The van der Waals surface area contributed by atoms with E-state index in [0.29, 0.717) is 21.5 Å². The van der Waals surface area contributed by atoms with Crippen LogP contribution in [0.2, 0.25) is 5.02 Å². The van der Waals surface area contributed by atoms with Crippen LogP contribution < -0.4 is 0 Å². The van der Waals surface area contributed by atoms with Gasteiger partial charge in [-0.2, -0.15) is 0 Å². The van der Waals surface area contributed by atoms with E-state index >= 15 is 0 Å². The Hall–Kier alpha value is -2.11. The molecule has 0 aliphatic rings. The highest BCUT2D eigenvalue weighted by molar-refractivity contribution is 7.90. The lowest BCUT2D eigenvalue weighted by Gasteiger charge is -2.08. The smallest absolute Gasteiger partial charge is 0.268 e. The summed E-state index contributed by atoms with van der Waals surface area (Å²) in [4.78, 5) is 12.0. The molecule has 0 bridgehead atoms. The SMILES string of the molecule is CC(=O)c1cn(S(=O)(=O)c2ccc(Cl)cc2)c2cc(C)ccc12. The molecule has 1 aromatic heterocycles. The molecule has 0 fully saturated rings. The molecule has 0 saturated heterocycles. The summed E-state index contributed by atoms with van der Waals surface area (Å²) in [5.74, 6) is -0.177. The monoisotopic (exact) mass is 347 g/mol. The van der Waals surface area contributed by atoms with Gasteiger partial charge in [-0.15, -0.1) is 0 Å². The molecule has 6 heteroatoms. The summed E-state index contributed by atoms with van der Waals surface area (Å²) in [6, 6.07) is 11.3. The Bertz CT molecular complexity index is 1020. The lowest BCUT2D eigenvalue weighted by Crippen LogP contribution is -2.12. The summed E-state index contributed by atoms with van der Waals surface area (Å²) in [5.41, 5.74) is 1.79. The van der Waals surface area contributed by atoms with E-state index in [-0.39, 0.29) is 10.7 Å². The third kappa shape index (κ3) is 2.66. The van der Waals surface area contributed by atoms with E-state index in [1.807, 2.05) is 13.0 Å². The average molecular weight is 348 g/mol. The highest BCUT2D eigenvalue weighted by Gasteiger charge is 2.22. The molecule has 1 heterocycles. The number of hydrogen-bond donors (Lipinski definition) is 0. The van der Waals surface area contributed by atoms with Gasteiger partial charge in [0.15, 0.2) is 5.78 Å². The number of aryl methyl sites for hydroxylation is 1. The van der Waals surface area contributed by atoms with Crippen molar-refractivity contribution in [2.24, 2.45) is 0 Å². The number of ketones is 1. The minimum absolute atomic E-state index is 0.121. The summed E-state index contributed by atoms with van der Waals surface area (Å²) >= 11 is 5.82. The van der Waals surface area contributed by atoms with Crippen LogP contribution in [0.15, 0.2) is 53.6 Å². The largest absolute Gasteiger partial charge is 0.294 e. The Balaban J connectivity index is 2.33. The maximum Gasteiger partial charge on any atom is 0.268 e. The molecule has 3 aromatic rings. The molecule has 4 nitrogen and oxygen atoms in total. The molecule has 3 rings (SSSR count). The molecule has 0 aliphatic carbocycles. The van der Waals surface area contributed by atoms with E-state index in [1.54, 1.807) is 12.1 Å². The molecule has 0 atom stereocenters. The van der Waals surface area contributed by atoms with Gasteiger partial charge in [0.05, 0.1) is 10.4 Å². The first kappa shape index (κ1) is 15.8. The van der Waals surface area contributed by atoms with Crippen LogP contribution in [0.5, 0.6) is 0 Å². The van der Waals surface area contributed by atoms with E-state index in [2.05, 4.69) is 0 Å². The van der Waals surface area contributed by atoms with E-state index in [1.165, 1.54) is 37.4 Å². The van der Waals surface area contributed by atoms with Crippen LogP contribution in [-0.2, 0) is 10.0 Å². The third-order valence-electron chi connectivity index (χ3n) is 3.68. The van der Waals surface area contributed by atoms with Crippen molar-refractivity contribution in [2.75, 3.05) is 0 Å². The second-order valence-corrected chi connectivity index (χ2v) is 7.63. The van der Waals surface area contributed by atoms with Crippen LogP contribution in [0.1, 0.15) is 22.8 Å². The number of hydrogen-bond acceptors (Lipinski definition) is 3. The Morgan fingerprint density at radius 1 is 1.09 bits per heavy atom. The van der Waals surface area contributed by atoms with E-state index in [0.717, 1.165) is 9.54 Å². The molecule has 118 valence electrons. The fourth-order valence-electron chi connectivity index (χ4n) is 2.51. The molecular formula is C17H14ClNO3S. The summed E-state index contributed by atoms with van der Waals surface area (Å²) in [6.07, 6.45) is 1.39. The zero-order valence-corrected chi connectivity index (χ0v) is 14.1. The van der Waals surface area contributed by atoms with E-state index in [4.69, 9.17) is 11.6 Å². The van der Waals surface area contributed by atoms with Crippen molar-refractivity contribution in [2.45, 2.75) is 18.7 Å². The van der Waals surface area contributed by atoms with Crippen LogP contribution in [0.3, 0.4) is 0 Å². The summed E-state index contributed by atoms with van der Waals surface area (Å²) in [5, 5.41) is 1.09. The van der Waals surface area contributed by atoms with Gasteiger partial charge in [-0.3, -0.25) is 4.79 Å². The van der Waals surface area contributed by atoms with Gasteiger partial charge in [0.25, 0.3) is 10.0 Å². The first-order valence-electron chi connectivity index (χ1n) is 6.94. The lowest BCUT2D eigenvalue weighted by atomic mass is 10.1. The Morgan fingerprint density at radius 2 is 1.74 bits per heavy atom. The number of carbonyl (C=O) groups is 1. The fraction of sp³-hybridized carbons (Fsp3) is 0.118. The number of aromatic nitrogens is 1. The lowest BCUT2D eigenvalue weighted by molar-refractivity contribution is 0.101. The molecule has 0 unspecified atom stereocenters. The second-order valence-electron chi connectivity index (χ2n) is 5.37. The summed E-state index contributed by atoms with van der Waals surface area (Å²) < 4.78 is 27.0. The molecule has 2 aromatic carbocycles. The van der Waals surface area contributed by atoms with Crippen LogP contribution in [0, 0.1) is 6.92 Å². The number of benzene rings is 2. The van der Waals surface area contributed by atoms with Crippen molar-refractivity contribution in [3.8, 4) is 0 Å². The van der Waals surface area contributed by atoms with Crippen molar-refractivity contribution in [3.05, 3.63) is 64.8 Å². The normalized spacial score (nSPS) is 11.8. The number of fused-ring (bicyclic) bond motifs is 1. The van der Waals surface area contributed by atoms with Gasteiger partial charge in [-0.1, -0.05) is 23.7 Å². The molecular weight excluding hydrogens is 334 g/mol. The van der Waals surface area contributed by atoms with E-state index < -0.39 is 10.0 Å². The predicted molar refractivity (Wildman–Crippen MR) is 90.7 cm³/mol. The van der Waals surface area contributed by atoms with Gasteiger partial charge in [0.1, 0.15) is 0 Å². The molecule has 0 saturated carbocycles. The van der Waals surface area contributed by atoms with Gasteiger partial charge in [0, 0.05) is 22.2 Å². The average Bonchev–Trinajstić information content (AvgIpc) is 2.87. The third-order valence-corrected chi connectivity index (χ3v) is 5.62. The van der Waals surface area contributed by atoms with Gasteiger partial charge < -0.3 is 0 Å². The molecule has 0 radical (unpaired) electrons. The predicted octanol–water partition coefficient (Wildman–Crippen LogP) is 4.04. The van der Waals surface area contributed by atoms with Gasteiger partial charge in [-0.05, 0) is 49.7 Å². The van der Waals surface area contributed by atoms with Crippen molar-refractivity contribution in [3.63, 3.8) is 0 Å².